The number of hydrogen-bond donors (Lipinski definition) is 1. The van der Waals surface area contributed by atoms with Crippen LogP contribution < -0.4 is 10.1 Å². The Bertz CT molecular complexity index is 496. The zero-order valence-electron chi connectivity index (χ0n) is 14.3. The molecule has 1 atom stereocenters. The molecule has 136 valence electrons. The minimum Gasteiger partial charge on any atom is -0.493 e. The summed E-state index contributed by atoms with van der Waals surface area (Å²) in [6.07, 6.45) is 8.16. The minimum atomic E-state index is 0. The molecule has 0 bridgehead atoms. The third-order valence-corrected chi connectivity index (χ3v) is 5.70. The van der Waals surface area contributed by atoms with Gasteiger partial charge in [-0.05, 0) is 36.0 Å². The maximum absolute atomic E-state index is 5.70. The highest BCUT2D eigenvalue weighted by Crippen LogP contribution is 2.40. The maximum Gasteiger partial charge on any atom is 0.122 e. The fourth-order valence-corrected chi connectivity index (χ4v) is 4.58. The third-order valence-electron chi connectivity index (χ3n) is 5.70. The van der Waals surface area contributed by atoms with Gasteiger partial charge >= 0.3 is 0 Å². The molecule has 1 saturated carbocycles. The Kier molecular flexibility index (Phi) is 7.67. The number of piperazine rings is 1. The highest BCUT2D eigenvalue weighted by atomic mass is 35.5. The molecule has 2 aliphatic heterocycles. The molecule has 1 aromatic rings. The van der Waals surface area contributed by atoms with E-state index in [1.807, 2.05) is 0 Å². The van der Waals surface area contributed by atoms with Gasteiger partial charge in [0, 0.05) is 38.6 Å². The number of rotatable bonds is 3. The van der Waals surface area contributed by atoms with Crippen molar-refractivity contribution >= 4 is 24.8 Å². The predicted molar refractivity (Wildman–Crippen MR) is 104 cm³/mol. The van der Waals surface area contributed by atoms with Crippen molar-refractivity contribution in [1.29, 1.82) is 0 Å². The zero-order valence-corrected chi connectivity index (χ0v) is 16.0. The molecule has 24 heavy (non-hydrogen) atoms. The van der Waals surface area contributed by atoms with Gasteiger partial charge in [0.1, 0.15) is 5.75 Å². The van der Waals surface area contributed by atoms with Gasteiger partial charge < -0.3 is 10.1 Å². The molecule has 1 aliphatic carbocycles. The fourth-order valence-electron chi connectivity index (χ4n) is 4.58. The lowest BCUT2D eigenvalue weighted by Crippen LogP contribution is -2.47. The van der Waals surface area contributed by atoms with Crippen LogP contribution in [0.5, 0.6) is 5.75 Å². The Morgan fingerprint density at radius 3 is 2.54 bits per heavy atom. The number of fused-ring (bicyclic) bond motifs is 1. The second-order valence-corrected chi connectivity index (χ2v) is 7.09. The summed E-state index contributed by atoms with van der Waals surface area (Å²) >= 11 is 0. The zero-order chi connectivity index (χ0) is 14.8. The van der Waals surface area contributed by atoms with Crippen LogP contribution in [0.25, 0.3) is 0 Å². The van der Waals surface area contributed by atoms with Crippen LogP contribution >= 0.6 is 24.8 Å². The molecule has 0 amide bonds. The third kappa shape index (κ3) is 4.19. The van der Waals surface area contributed by atoms with E-state index in [4.69, 9.17) is 4.74 Å². The predicted octanol–water partition coefficient (Wildman–Crippen LogP) is 3.99. The molecular weight excluding hydrogens is 343 g/mol. The van der Waals surface area contributed by atoms with Crippen LogP contribution in [-0.4, -0.2) is 37.7 Å². The van der Waals surface area contributed by atoms with Gasteiger partial charge in [-0.2, -0.15) is 0 Å². The summed E-state index contributed by atoms with van der Waals surface area (Å²) in [5.74, 6) is 1.96. The summed E-state index contributed by atoms with van der Waals surface area (Å²) in [5.41, 5.74) is 2.96. The average molecular weight is 373 g/mol. The van der Waals surface area contributed by atoms with Crippen LogP contribution in [0, 0.1) is 5.92 Å². The van der Waals surface area contributed by atoms with Crippen molar-refractivity contribution in [2.24, 2.45) is 5.92 Å². The van der Waals surface area contributed by atoms with E-state index in [0.717, 1.165) is 37.8 Å². The van der Waals surface area contributed by atoms with Crippen LogP contribution in [0.2, 0.25) is 0 Å². The second kappa shape index (κ2) is 9.28. The number of ether oxygens (including phenoxy) is 1. The number of nitrogens with one attached hydrogen (secondary N) is 1. The maximum atomic E-state index is 5.70. The average Bonchev–Trinajstić information content (AvgIpc) is 3.05. The van der Waals surface area contributed by atoms with E-state index >= 15 is 0 Å². The molecule has 3 nitrogen and oxygen atoms in total. The topological polar surface area (TPSA) is 24.5 Å². The smallest absolute Gasteiger partial charge is 0.122 e. The number of hydrogen-bond acceptors (Lipinski definition) is 3. The largest absolute Gasteiger partial charge is 0.493 e. The molecule has 2 fully saturated rings. The number of nitrogens with zero attached hydrogens (tertiary/aromatic N) is 1. The Morgan fingerprint density at radius 2 is 1.79 bits per heavy atom. The van der Waals surface area contributed by atoms with Crippen LogP contribution in [0.3, 0.4) is 0 Å². The Hall–Kier alpha value is -0.480. The molecule has 1 N–H and O–H groups in total. The van der Waals surface area contributed by atoms with E-state index in [0.29, 0.717) is 6.04 Å². The minimum absolute atomic E-state index is 0. The van der Waals surface area contributed by atoms with Crippen LogP contribution in [0.1, 0.15) is 49.3 Å². The van der Waals surface area contributed by atoms with Crippen LogP contribution in [0.4, 0.5) is 0 Å². The molecule has 4 rings (SSSR count). The highest BCUT2D eigenvalue weighted by Gasteiger charge is 2.31. The first-order valence-electron chi connectivity index (χ1n) is 9.12. The normalized spacial score (nSPS) is 22.7. The van der Waals surface area contributed by atoms with Gasteiger partial charge in [-0.1, -0.05) is 31.4 Å². The van der Waals surface area contributed by atoms with E-state index in [-0.39, 0.29) is 24.8 Å². The standard InChI is InChI=1S/C19H28N2O.2ClH/c1-2-4-15(5-3-1)19(21-11-9-20-10-12-21)17-6-7-18-16(14-17)8-13-22-18;;/h6-7,14-15,19-20H,1-5,8-13H2;2*1H/t19-;;/m0../s1. The summed E-state index contributed by atoms with van der Waals surface area (Å²) in [7, 11) is 0. The van der Waals surface area contributed by atoms with Gasteiger partial charge in [0.25, 0.3) is 0 Å². The van der Waals surface area contributed by atoms with Crippen molar-refractivity contribution in [3.63, 3.8) is 0 Å². The van der Waals surface area contributed by atoms with Gasteiger partial charge in [-0.3, -0.25) is 4.90 Å². The Balaban J connectivity index is 0.00000104. The molecule has 1 saturated heterocycles. The van der Waals surface area contributed by atoms with Crippen LogP contribution in [0.15, 0.2) is 18.2 Å². The van der Waals surface area contributed by atoms with E-state index in [9.17, 15) is 0 Å². The quantitative estimate of drug-likeness (QED) is 0.867. The first kappa shape index (κ1) is 19.8. The summed E-state index contributed by atoms with van der Waals surface area (Å²) < 4.78 is 5.70. The van der Waals surface area contributed by atoms with Gasteiger partial charge in [0.15, 0.2) is 0 Å². The Labute approximate surface area is 158 Å². The lowest BCUT2D eigenvalue weighted by Gasteiger charge is -2.41. The Morgan fingerprint density at radius 1 is 1.04 bits per heavy atom. The van der Waals surface area contributed by atoms with Crippen molar-refractivity contribution in [2.45, 2.75) is 44.6 Å². The molecular formula is C19H30Cl2N2O. The van der Waals surface area contributed by atoms with Crippen molar-refractivity contribution in [3.05, 3.63) is 29.3 Å². The summed E-state index contributed by atoms with van der Waals surface area (Å²) in [5, 5.41) is 3.50. The van der Waals surface area contributed by atoms with Crippen molar-refractivity contribution in [3.8, 4) is 5.75 Å². The molecule has 0 radical (unpaired) electrons. The lowest BCUT2D eigenvalue weighted by molar-refractivity contribution is 0.103. The van der Waals surface area contributed by atoms with Crippen LogP contribution in [-0.2, 0) is 6.42 Å². The van der Waals surface area contributed by atoms with Gasteiger partial charge in [0.2, 0.25) is 0 Å². The summed E-state index contributed by atoms with van der Waals surface area (Å²) in [4.78, 5) is 2.74. The summed E-state index contributed by atoms with van der Waals surface area (Å²) in [6.45, 7) is 5.51. The summed E-state index contributed by atoms with van der Waals surface area (Å²) in [6, 6.07) is 7.62. The number of benzene rings is 1. The van der Waals surface area contributed by atoms with Crippen molar-refractivity contribution in [1.82, 2.24) is 10.2 Å². The van der Waals surface area contributed by atoms with E-state index < -0.39 is 0 Å². The molecule has 0 aromatic heterocycles. The van der Waals surface area contributed by atoms with Gasteiger partial charge in [0.05, 0.1) is 6.61 Å². The first-order valence-corrected chi connectivity index (χ1v) is 9.12. The molecule has 0 unspecified atom stereocenters. The molecule has 5 heteroatoms. The SMILES string of the molecule is Cl.Cl.c1cc2c(cc1[C@H](C1CCCCC1)N1CCNCC1)CCO2. The van der Waals surface area contributed by atoms with Crippen molar-refractivity contribution < 1.29 is 4.74 Å². The van der Waals surface area contributed by atoms with E-state index in [1.165, 1.54) is 56.3 Å². The van der Waals surface area contributed by atoms with Gasteiger partial charge in [-0.15, -0.1) is 24.8 Å². The molecule has 0 spiro atoms. The van der Waals surface area contributed by atoms with Crippen molar-refractivity contribution in [2.75, 3.05) is 32.8 Å². The lowest BCUT2D eigenvalue weighted by atomic mass is 9.79. The molecule has 1 aromatic carbocycles. The number of halogens is 2. The molecule has 2 heterocycles. The van der Waals surface area contributed by atoms with E-state index in [1.54, 1.807) is 0 Å². The fraction of sp³-hybridized carbons (Fsp3) is 0.684. The van der Waals surface area contributed by atoms with Gasteiger partial charge in [-0.25, -0.2) is 0 Å². The monoisotopic (exact) mass is 372 g/mol. The highest BCUT2D eigenvalue weighted by molar-refractivity contribution is 5.85. The van der Waals surface area contributed by atoms with E-state index in [2.05, 4.69) is 28.4 Å². The second-order valence-electron chi connectivity index (χ2n) is 7.09. The molecule has 3 aliphatic rings. The first-order chi connectivity index (χ1) is 10.9.